The summed E-state index contributed by atoms with van der Waals surface area (Å²) in [5, 5.41) is 0. The van der Waals surface area contributed by atoms with Gasteiger partial charge in [-0.25, -0.2) is 0 Å². The molecule has 3 heteroatoms. The van der Waals surface area contributed by atoms with Crippen molar-refractivity contribution < 1.29 is 9.53 Å². The molecule has 0 unspecified atom stereocenters. The summed E-state index contributed by atoms with van der Waals surface area (Å²) in [7, 11) is 0. The van der Waals surface area contributed by atoms with Crippen molar-refractivity contribution >= 4 is 5.91 Å². The van der Waals surface area contributed by atoms with Crippen LogP contribution in [0.5, 0.6) is 5.75 Å². The van der Waals surface area contributed by atoms with Crippen LogP contribution >= 0.6 is 0 Å². The Morgan fingerprint density at radius 1 is 1.41 bits per heavy atom. The van der Waals surface area contributed by atoms with Crippen molar-refractivity contribution in [3.63, 3.8) is 0 Å². The van der Waals surface area contributed by atoms with Gasteiger partial charge in [-0.2, -0.15) is 0 Å². The van der Waals surface area contributed by atoms with Gasteiger partial charge in [0.05, 0.1) is 12.6 Å². The van der Waals surface area contributed by atoms with E-state index in [0.717, 1.165) is 25.1 Å². The third kappa shape index (κ3) is 2.60. The first kappa shape index (κ1) is 12.0. The minimum atomic E-state index is 0.168. The molecular formula is C14H19NO2. The molecular weight excluding hydrogens is 214 g/mol. The Kier molecular flexibility index (Phi) is 3.67. The number of likely N-dealkylation sites (tertiary alicyclic amines) is 1. The maximum absolute atomic E-state index is 11.5. The third-order valence-electron chi connectivity index (χ3n) is 3.23. The van der Waals surface area contributed by atoms with Crippen molar-refractivity contribution in [2.45, 2.75) is 32.7 Å². The van der Waals surface area contributed by atoms with E-state index < -0.39 is 0 Å². The molecule has 1 aromatic carbocycles. The first-order valence-corrected chi connectivity index (χ1v) is 6.22. The molecule has 0 aromatic heterocycles. The summed E-state index contributed by atoms with van der Waals surface area (Å²) in [4.78, 5) is 13.5. The van der Waals surface area contributed by atoms with Crippen molar-refractivity contribution in [2.75, 3.05) is 13.2 Å². The fourth-order valence-electron chi connectivity index (χ4n) is 2.44. The number of amides is 1. The van der Waals surface area contributed by atoms with Crippen molar-refractivity contribution in [3.8, 4) is 5.75 Å². The second kappa shape index (κ2) is 5.21. The SMILES string of the molecule is CCOc1ccc([C@@H]2CCCN2C(C)=O)cc1. The van der Waals surface area contributed by atoms with E-state index in [1.807, 2.05) is 24.0 Å². The number of nitrogens with zero attached hydrogens (tertiary/aromatic N) is 1. The second-order valence-electron chi connectivity index (χ2n) is 4.37. The maximum Gasteiger partial charge on any atom is 0.219 e. The summed E-state index contributed by atoms with van der Waals surface area (Å²) in [6.45, 7) is 5.19. The molecule has 1 heterocycles. The molecule has 0 radical (unpaired) electrons. The van der Waals surface area contributed by atoms with Gasteiger partial charge in [0.2, 0.25) is 5.91 Å². The van der Waals surface area contributed by atoms with E-state index in [0.29, 0.717) is 6.61 Å². The van der Waals surface area contributed by atoms with E-state index in [1.54, 1.807) is 6.92 Å². The first-order chi connectivity index (χ1) is 8.22. The Labute approximate surface area is 102 Å². The Morgan fingerprint density at radius 2 is 2.12 bits per heavy atom. The van der Waals surface area contributed by atoms with E-state index in [9.17, 15) is 4.79 Å². The van der Waals surface area contributed by atoms with Crippen LogP contribution < -0.4 is 4.74 Å². The molecule has 1 atom stereocenters. The summed E-state index contributed by atoms with van der Waals surface area (Å²) >= 11 is 0. The second-order valence-corrected chi connectivity index (χ2v) is 4.37. The molecule has 1 amide bonds. The van der Waals surface area contributed by atoms with Crippen LogP contribution in [0.15, 0.2) is 24.3 Å². The highest BCUT2D eigenvalue weighted by molar-refractivity contribution is 5.74. The van der Waals surface area contributed by atoms with Gasteiger partial charge in [-0.05, 0) is 37.5 Å². The first-order valence-electron chi connectivity index (χ1n) is 6.22. The van der Waals surface area contributed by atoms with Crippen LogP contribution in [-0.4, -0.2) is 24.0 Å². The predicted octanol–water partition coefficient (Wildman–Crippen LogP) is 2.77. The minimum Gasteiger partial charge on any atom is -0.494 e. The average molecular weight is 233 g/mol. The predicted molar refractivity (Wildman–Crippen MR) is 67.0 cm³/mol. The highest BCUT2D eigenvalue weighted by atomic mass is 16.5. The molecule has 0 N–H and O–H groups in total. The molecule has 92 valence electrons. The highest BCUT2D eigenvalue weighted by Gasteiger charge is 2.27. The van der Waals surface area contributed by atoms with Crippen molar-refractivity contribution in [1.29, 1.82) is 0 Å². The number of carbonyl (C=O) groups is 1. The number of carbonyl (C=O) groups excluding carboxylic acids is 1. The number of hydrogen-bond donors (Lipinski definition) is 0. The number of ether oxygens (including phenoxy) is 1. The Balaban J connectivity index is 2.13. The molecule has 1 fully saturated rings. The molecule has 1 aliphatic rings. The molecule has 3 nitrogen and oxygen atoms in total. The topological polar surface area (TPSA) is 29.5 Å². The smallest absolute Gasteiger partial charge is 0.219 e. The number of hydrogen-bond acceptors (Lipinski definition) is 2. The van der Waals surface area contributed by atoms with Gasteiger partial charge in [-0.3, -0.25) is 4.79 Å². The Bertz CT molecular complexity index is 386. The van der Waals surface area contributed by atoms with E-state index in [2.05, 4.69) is 12.1 Å². The standard InChI is InChI=1S/C14H19NO2/c1-3-17-13-8-6-12(7-9-13)14-5-4-10-15(14)11(2)16/h6-9,14H,3-5,10H2,1-2H3/t14-/m0/s1. The van der Waals surface area contributed by atoms with E-state index in [4.69, 9.17) is 4.74 Å². The minimum absolute atomic E-state index is 0.168. The van der Waals surface area contributed by atoms with E-state index >= 15 is 0 Å². The van der Waals surface area contributed by atoms with Crippen LogP contribution in [-0.2, 0) is 4.79 Å². The molecule has 0 spiro atoms. The molecule has 17 heavy (non-hydrogen) atoms. The zero-order valence-corrected chi connectivity index (χ0v) is 10.5. The van der Waals surface area contributed by atoms with Crippen LogP contribution in [0.3, 0.4) is 0 Å². The molecule has 1 aromatic rings. The van der Waals surface area contributed by atoms with Crippen LogP contribution in [0.4, 0.5) is 0 Å². The summed E-state index contributed by atoms with van der Waals surface area (Å²) in [6.07, 6.45) is 2.16. The van der Waals surface area contributed by atoms with Crippen LogP contribution in [0, 0.1) is 0 Å². The largest absolute Gasteiger partial charge is 0.494 e. The van der Waals surface area contributed by atoms with Crippen LogP contribution in [0.2, 0.25) is 0 Å². The summed E-state index contributed by atoms with van der Waals surface area (Å²) < 4.78 is 5.42. The lowest BCUT2D eigenvalue weighted by molar-refractivity contribution is -0.129. The van der Waals surface area contributed by atoms with Gasteiger partial charge in [-0.1, -0.05) is 12.1 Å². The number of rotatable bonds is 3. The number of benzene rings is 1. The molecule has 0 saturated carbocycles. The zero-order valence-electron chi connectivity index (χ0n) is 10.5. The molecule has 0 aliphatic carbocycles. The lowest BCUT2D eigenvalue weighted by Gasteiger charge is -2.23. The lowest BCUT2D eigenvalue weighted by atomic mass is 10.0. The zero-order chi connectivity index (χ0) is 12.3. The van der Waals surface area contributed by atoms with Crippen molar-refractivity contribution in [3.05, 3.63) is 29.8 Å². The van der Waals surface area contributed by atoms with Gasteiger partial charge >= 0.3 is 0 Å². The molecule has 1 saturated heterocycles. The molecule has 2 rings (SSSR count). The van der Waals surface area contributed by atoms with E-state index in [1.165, 1.54) is 5.56 Å². The Morgan fingerprint density at radius 3 is 2.71 bits per heavy atom. The third-order valence-corrected chi connectivity index (χ3v) is 3.23. The summed E-state index contributed by atoms with van der Waals surface area (Å²) in [5.74, 6) is 1.06. The van der Waals surface area contributed by atoms with Gasteiger partial charge in [0, 0.05) is 13.5 Å². The van der Waals surface area contributed by atoms with Crippen molar-refractivity contribution in [2.24, 2.45) is 0 Å². The van der Waals surface area contributed by atoms with Crippen LogP contribution in [0.25, 0.3) is 0 Å². The fourth-order valence-corrected chi connectivity index (χ4v) is 2.44. The Hall–Kier alpha value is -1.51. The quantitative estimate of drug-likeness (QED) is 0.803. The summed E-state index contributed by atoms with van der Waals surface area (Å²) in [5.41, 5.74) is 1.21. The van der Waals surface area contributed by atoms with Gasteiger partial charge in [0.15, 0.2) is 0 Å². The average Bonchev–Trinajstić information content (AvgIpc) is 2.79. The van der Waals surface area contributed by atoms with Crippen molar-refractivity contribution in [1.82, 2.24) is 4.90 Å². The van der Waals surface area contributed by atoms with Crippen LogP contribution in [0.1, 0.15) is 38.3 Å². The van der Waals surface area contributed by atoms with Gasteiger partial charge in [-0.15, -0.1) is 0 Å². The normalized spacial score (nSPS) is 19.4. The molecule has 0 bridgehead atoms. The monoisotopic (exact) mass is 233 g/mol. The lowest BCUT2D eigenvalue weighted by Crippen LogP contribution is -2.27. The van der Waals surface area contributed by atoms with E-state index in [-0.39, 0.29) is 11.9 Å². The fraction of sp³-hybridized carbons (Fsp3) is 0.500. The van der Waals surface area contributed by atoms with Gasteiger partial charge < -0.3 is 9.64 Å². The van der Waals surface area contributed by atoms with Gasteiger partial charge in [0.1, 0.15) is 5.75 Å². The molecule has 1 aliphatic heterocycles. The van der Waals surface area contributed by atoms with Gasteiger partial charge in [0.25, 0.3) is 0 Å². The highest BCUT2D eigenvalue weighted by Crippen LogP contribution is 2.32. The summed E-state index contributed by atoms with van der Waals surface area (Å²) in [6, 6.07) is 8.35. The maximum atomic E-state index is 11.5.